The third-order valence-electron chi connectivity index (χ3n) is 2.31. The summed E-state index contributed by atoms with van der Waals surface area (Å²) in [4.78, 5) is 15.4. The number of anilines is 1. The zero-order chi connectivity index (χ0) is 12.3. The van der Waals surface area contributed by atoms with Crippen molar-refractivity contribution in [3.8, 4) is 0 Å². The maximum atomic E-state index is 11.5. The van der Waals surface area contributed by atoms with E-state index >= 15 is 0 Å². The van der Waals surface area contributed by atoms with E-state index in [2.05, 4.69) is 15.4 Å². The summed E-state index contributed by atoms with van der Waals surface area (Å²) in [6.07, 6.45) is 4.95. The van der Waals surface area contributed by atoms with Crippen molar-refractivity contribution in [3.63, 3.8) is 0 Å². The Morgan fingerprint density at radius 3 is 2.82 bits per heavy atom. The van der Waals surface area contributed by atoms with E-state index in [9.17, 15) is 4.79 Å². The van der Waals surface area contributed by atoms with Gasteiger partial charge in [-0.1, -0.05) is 11.6 Å². The van der Waals surface area contributed by atoms with Crippen molar-refractivity contribution < 1.29 is 0 Å². The van der Waals surface area contributed by atoms with E-state index in [-0.39, 0.29) is 10.6 Å². The molecule has 17 heavy (non-hydrogen) atoms. The molecule has 2 heterocycles. The molecule has 0 aliphatic heterocycles. The summed E-state index contributed by atoms with van der Waals surface area (Å²) in [5.41, 5.74) is 1.27. The van der Waals surface area contributed by atoms with Gasteiger partial charge in [0, 0.05) is 26.0 Å². The van der Waals surface area contributed by atoms with Crippen LogP contribution in [0.3, 0.4) is 0 Å². The zero-order valence-electron chi connectivity index (χ0n) is 9.22. The third-order valence-corrected chi connectivity index (χ3v) is 2.68. The Morgan fingerprint density at radius 2 is 2.12 bits per heavy atom. The first-order chi connectivity index (χ1) is 8.18. The molecule has 0 fully saturated rings. The Hall–Kier alpha value is -1.88. The standard InChI is InChI=1S/C11H11ClN4O/c1-16-11(17)10(12)9(7-15-16)14-6-8-2-4-13-5-3-8/h2-5,7,14H,6H2,1H3. The van der Waals surface area contributed by atoms with E-state index in [1.807, 2.05) is 12.1 Å². The normalized spacial score (nSPS) is 10.2. The molecule has 0 radical (unpaired) electrons. The molecule has 2 aromatic heterocycles. The van der Waals surface area contributed by atoms with Gasteiger partial charge in [-0.15, -0.1) is 0 Å². The van der Waals surface area contributed by atoms with Gasteiger partial charge in [0.05, 0.1) is 11.9 Å². The first kappa shape index (κ1) is 11.6. The van der Waals surface area contributed by atoms with Crippen molar-refractivity contribution in [1.82, 2.24) is 14.8 Å². The number of hydrogen-bond acceptors (Lipinski definition) is 4. The highest BCUT2D eigenvalue weighted by molar-refractivity contribution is 6.32. The molecule has 0 aromatic carbocycles. The SMILES string of the molecule is Cn1ncc(NCc2ccncc2)c(Cl)c1=O. The van der Waals surface area contributed by atoms with Gasteiger partial charge in [0.15, 0.2) is 0 Å². The number of aromatic nitrogens is 3. The molecule has 1 N–H and O–H groups in total. The Balaban J connectivity index is 2.15. The van der Waals surface area contributed by atoms with Gasteiger partial charge in [-0.2, -0.15) is 5.10 Å². The molecule has 2 rings (SSSR count). The fourth-order valence-corrected chi connectivity index (χ4v) is 1.57. The number of aryl methyl sites for hydroxylation is 1. The van der Waals surface area contributed by atoms with Gasteiger partial charge in [-0.05, 0) is 17.7 Å². The number of nitrogens with one attached hydrogen (secondary N) is 1. The highest BCUT2D eigenvalue weighted by Gasteiger charge is 2.06. The minimum atomic E-state index is -0.314. The molecule has 0 atom stereocenters. The molecule has 88 valence electrons. The van der Waals surface area contributed by atoms with Gasteiger partial charge < -0.3 is 5.32 Å². The quantitative estimate of drug-likeness (QED) is 0.896. The van der Waals surface area contributed by atoms with Crippen molar-refractivity contribution >= 4 is 17.3 Å². The van der Waals surface area contributed by atoms with Crippen molar-refractivity contribution in [2.75, 3.05) is 5.32 Å². The number of halogens is 1. The molecule has 0 saturated carbocycles. The Bertz CT molecular complexity index is 567. The zero-order valence-corrected chi connectivity index (χ0v) is 9.98. The summed E-state index contributed by atoms with van der Waals surface area (Å²) in [5, 5.41) is 7.11. The molecule has 0 aliphatic carbocycles. The van der Waals surface area contributed by atoms with Crippen LogP contribution < -0.4 is 10.9 Å². The molecular weight excluding hydrogens is 240 g/mol. The van der Waals surface area contributed by atoms with Gasteiger partial charge in [0.25, 0.3) is 5.56 Å². The topological polar surface area (TPSA) is 59.8 Å². The van der Waals surface area contributed by atoms with Gasteiger partial charge in [0.1, 0.15) is 5.02 Å². The first-order valence-corrected chi connectivity index (χ1v) is 5.41. The minimum Gasteiger partial charge on any atom is -0.378 e. The maximum absolute atomic E-state index is 11.5. The molecule has 0 aliphatic rings. The highest BCUT2D eigenvalue weighted by atomic mass is 35.5. The smallest absolute Gasteiger partial charge is 0.287 e. The van der Waals surface area contributed by atoms with Crippen LogP contribution in [-0.2, 0) is 13.6 Å². The molecule has 2 aromatic rings. The van der Waals surface area contributed by atoms with Crippen molar-refractivity contribution in [1.29, 1.82) is 0 Å². The lowest BCUT2D eigenvalue weighted by Crippen LogP contribution is -2.21. The van der Waals surface area contributed by atoms with Gasteiger partial charge in [-0.25, -0.2) is 4.68 Å². The fourth-order valence-electron chi connectivity index (χ4n) is 1.33. The van der Waals surface area contributed by atoms with Gasteiger partial charge in [0.2, 0.25) is 0 Å². The van der Waals surface area contributed by atoms with Crippen molar-refractivity contribution in [2.24, 2.45) is 7.05 Å². The fraction of sp³-hybridized carbons (Fsp3) is 0.182. The van der Waals surface area contributed by atoms with Crippen LogP contribution in [0.5, 0.6) is 0 Å². The van der Waals surface area contributed by atoms with E-state index in [0.717, 1.165) is 5.56 Å². The second-order valence-corrected chi connectivity index (χ2v) is 3.89. The summed E-state index contributed by atoms with van der Waals surface area (Å²) < 4.78 is 1.19. The van der Waals surface area contributed by atoms with Crippen LogP contribution in [0, 0.1) is 0 Å². The predicted octanol–water partition coefficient (Wildman–Crippen LogP) is 1.44. The lowest BCUT2D eigenvalue weighted by Gasteiger charge is -2.08. The number of rotatable bonds is 3. The lowest BCUT2D eigenvalue weighted by atomic mass is 10.2. The molecule has 0 spiro atoms. The molecule has 0 bridgehead atoms. The number of pyridine rings is 1. The summed E-state index contributed by atoms with van der Waals surface area (Å²) >= 11 is 5.92. The number of nitrogens with zero attached hydrogens (tertiary/aromatic N) is 3. The molecule has 0 saturated heterocycles. The second kappa shape index (κ2) is 4.97. The summed E-state index contributed by atoms with van der Waals surface area (Å²) in [5.74, 6) is 0. The Labute approximate surface area is 103 Å². The van der Waals surface area contributed by atoms with Crippen LogP contribution in [0.4, 0.5) is 5.69 Å². The molecule has 5 nitrogen and oxygen atoms in total. The van der Waals surface area contributed by atoms with Crippen LogP contribution in [-0.4, -0.2) is 14.8 Å². The van der Waals surface area contributed by atoms with E-state index in [1.54, 1.807) is 19.4 Å². The molecule has 0 unspecified atom stereocenters. The average molecular weight is 251 g/mol. The van der Waals surface area contributed by atoms with Crippen LogP contribution in [0.1, 0.15) is 5.56 Å². The molecule has 6 heteroatoms. The van der Waals surface area contributed by atoms with Crippen LogP contribution in [0.25, 0.3) is 0 Å². The van der Waals surface area contributed by atoms with E-state index in [0.29, 0.717) is 12.2 Å². The lowest BCUT2D eigenvalue weighted by molar-refractivity contribution is 0.708. The van der Waals surface area contributed by atoms with Crippen molar-refractivity contribution in [2.45, 2.75) is 6.54 Å². The van der Waals surface area contributed by atoms with Gasteiger partial charge >= 0.3 is 0 Å². The Morgan fingerprint density at radius 1 is 1.41 bits per heavy atom. The maximum Gasteiger partial charge on any atom is 0.287 e. The summed E-state index contributed by atoms with van der Waals surface area (Å²) in [6.45, 7) is 0.567. The van der Waals surface area contributed by atoms with Crippen LogP contribution in [0.15, 0.2) is 35.5 Å². The second-order valence-electron chi connectivity index (χ2n) is 3.51. The monoisotopic (exact) mass is 250 g/mol. The molecular formula is C11H11ClN4O. The van der Waals surface area contributed by atoms with E-state index < -0.39 is 0 Å². The Kier molecular flexibility index (Phi) is 3.39. The highest BCUT2D eigenvalue weighted by Crippen LogP contribution is 2.15. The van der Waals surface area contributed by atoms with Gasteiger partial charge in [-0.3, -0.25) is 9.78 Å². The van der Waals surface area contributed by atoms with Crippen LogP contribution in [0.2, 0.25) is 5.02 Å². The minimum absolute atomic E-state index is 0.150. The van der Waals surface area contributed by atoms with E-state index in [1.165, 1.54) is 10.9 Å². The summed E-state index contributed by atoms with van der Waals surface area (Å²) in [6, 6.07) is 3.77. The van der Waals surface area contributed by atoms with E-state index in [4.69, 9.17) is 11.6 Å². The number of hydrogen-bond donors (Lipinski definition) is 1. The predicted molar refractivity (Wildman–Crippen MR) is 66.1 cm³/mol. The largest absolute Gasteiger partial charge is 0.378 e. The van der Waals surface area contributed by atoms with Crippen molar-refractivity contribution in [3.05, 3.63) is 51.7 Å². The van der Waals surface area contributed by atoms with Crippen LogP contribution >= 0.6 is 11.6 Å². The first-order valence-electron chi connectivity index (χ1n) is 5.03. The average Bonchev–Trinajstić information content (AvgIpc) is 2.36. The molecule has 0 amide bonds. The third kappa shape index (κ3) is 2.62. The summed E-state index contributed by atoms with van der Waals surface area (Å²) in [7, 11) is 1.56.